The molecule has 0 aliphatic rings. The Hall–Kier alpha value is -2.03. The van der Waals surface area contributed by atoms with Gasteiger partial charge >= 0.3 is 0 Å². The van der Waals surface area contributed by atoms with Gasteiger partial charge in [0.25, 0.3) is 0 Å². The standard InChI is InChI=1S/C19H24FN3O2.HI/c1-13(2)24-16-10-8-15(9-11-16)23-19(21)22-12-14(3)25-18-7-5-4-6-17(18)20;/h4-11,13-14H,12H2,1-3H3,(H3,21,22,23);1H. The number of aliphatic imine (C=N–C) groups is 1. The molecule has 0 saturated heterocycles. The average Bonchev–Trinajstić information content (AvgIpc) is 2.56. The van der Waals surface area contributed by atoms with E-state index in [0.717, 1.165) is 11.4 Å². The molecule has 2 aromatic rings. The van der Waals surface area contributed by atoms with Crippen molar-refractivity contribution in [2.75, 3.05) is 11.9 Å². The Labute approximate surface area is 170 Å². The fourth-order valence-corrected chi connectivity index (χ4v) is 2.10. The molecule has 5 nitrogen and oxygen atoms in total. The maximum Gasteiger partial charge on any atom is 0.193 e. The fraction of sp³-hybridized carbons (Fsp3) is 0.316. The molecule has 0 aliphatic carbocycles. The van der Waals surface area contributed by atoms with Gasteiger partial charge in [-0.05, 0) is 57.2 Å². The number of hydrogen-bond donors (Lipinski definition) is 2. The number of nitrogens with two attached hydrogens (primary N) is 1. The van der Waals surface area contributed by atoms with Crippen molar-refractivity contribution in [2.24, 2.45) is 10.7 Å². The van der Waals surface area contributed by atoms with Crippen LogP contribution in [0.5, 0.6) is 11.5 Å². The van der Waals surface area contributed by atoms with Crippen molar-refractivity contribution >= 4 is 35.6 Å². The molecule has 26 heavy (non-hydrogen) atoms. The molecule has 2 aromatic carbocycles. The number of anilines is 1. The van der Waals surface area contributed by atoms with E-state index >= 15 is 0 Å². The minimum absolute atomic E-state index is 0. The van der Waals surface area contributed by atoms with Crippen LogP contribution < -0.4 is 20.5 Å². The van der Waals surface area contributed by atoms with Crippen molar-refractivity contribution in [3.05, 3.63) is 54.3 Å². The second kappa shape index (κ2) is 10.8. The van der Waals surface area contributed by atoms with Crippen molar-refractivity contribution in [1.82, 2.24) is 0 Å². The van der Waals surface area contributed by atoms with E-state index in [1.54, 1.807) is 25.1 Å². The van der Waals surface area contributed by atoms with Gasteiger partial charge in [-0.25, -0.2) is 9.38 Å². The lowest BCUT2D eigenvalue weighted by atomic mass is 10.3. The molecule has 3 N–H and O–H groups in total. The molecule has 7 heteroatoms. The van der Waals surface area contributed by atoms with Crippen LogP contribution in [0.4, 0.5) is 10.1 Å². The van der Waals surface area contributed by atoms with Crippen LogP contribution in [-0.4, -0.2) is 24.7 Å². The molecule has 1 atom stereocenters. The van der Waals surface area contributed by atoms with Crippen molar-refractivity contribution in [2.45, 2.75) is 33.0 Å². The summed E-state index contributed by atoms with van der Waals surface area (Å²) in [6.45, 7) is 6.06. The molecule has 142 valence electrons. The molecule has 0 bridgehead atoms. The minimum Gasteiger partial charge on any atom is -0.491 e. The number of benzene rings is 2. The van der Waals surface area contributed by atoms with Crippen molar-refractivity contribution in [3.63, 3.8) is 0 Å². The summed E-state index contributed by atoms with van der Waals surface area (Å²) in [5.41, 5.74) is 6.68. The van der Waals surface area contributed by atoms with Crippen LogP contribution in [0.1, 0.15) is 20.8 Å². The summed E-state index contributed by atoms with van der Waals surface area (Å²) in [5.74, 6) is 0.870. The van der Waals surface area contributed by atoms with Crippen LogP contribution in [-0.2, 0) is 0 Å². The van der Waals surface area contributed by atoms with E-state index in [2.05, 4.69) is 10.3 Å². The molecule has 0 spiro atoms. The quantitative estimate of drug-likeness (QED) is 0.355. The first kappa shape index (κ1) is 22.0. The number of rotatable bonds is 7. The number of halogens is 2. The topological polar surface area (TPSA) is 68.9 Å². The van der Waals surface area contributed by atoms with Crippen LogP contribution in [0.15, 0.2) is 53.5 Å². The van der Waals surface area contributed by atoms with Crippen molar-refractivity contribution in [1.29, 1.82) is 0 Å². The van der Waals surface area contributed by atoms with Crippen molar-refractivity contribution in [3.8, 4) is 11.5 Å². The third kappa shape index (κ3) is 7.47. The van der Waals surface area contributed by atoms with Crippen LogP contribution >= 0.6 is 24.0 Å². The van der Waals surface area contributed by atoms with Gasteiger partial charge in [0.15, 0.2) is 17.5 Å². The summed E-state index contributed by atoms with van der Waals surface area (Å²) in [6, 6.07) is 13.7. The maximum absolute atomic E-state index is 13.5. The van der Waals surface area contributed by atoms with Gasteiger partial charge in [0, 0.05) is 5.69 Å². The van der Waals surface area contributed by atoms with Crippen LogP contribution in [0.2, 0.25) is 0 Å². The summed E-state index contributed by atoms with van der Waals surface area (Å²) in [5, 5.41) is 3.00. The smallest absolute Gasteiger partial charge is 0.193 e. The van der Waals surface area contributed by atoms with Crippen molar-refractivity contribution < 1.29 is 13.9 Å². The third-order valence-electron chi connectivity index (χ3n) is 3.18. The highest BCUT2D eigenvalue weighted by Crippen LogP contribution is 2.18. The number of para-hydroxylation sites is 1. The summed E-state index contributed by atoms with van der Waals surface area (Å²) < 4.78 is 24.6. The highest BCUT2D eigenvalue weighted by atomic mass is 127. The molecule has 0 heterocycles. The zero-order chi connectivity index (χ0) is 18.2. The van der Waals surface area contributed by atoms with Gasteiger partial charge in [0.2, 0.25) is 0 Å². The number of ether oxygens (including phenoxy) is 2. The van der Waals surface area contributed by atoms with Gasteiger partial charge in [0.1, 0.15) is 11.9 Å². The summed E-state index contributed by atoms with van der Waals surface area (Å²) >= 11 is 0. The van der Waals surface area contributed by atoms with Gasteiger partial charge in [-0.15, -0.1) is 24.0 Å². The Morgan fingerprint density at radius 3 is 2.35 bits per heavy atom. The predicted octanol–water partition coefficient (Wildman–Crippen LogP) is 4.43. The van der Waals surface area contributed by atoms with Gasteiger partial charge in [0.05, 0.1) is 12.6 Å². The van der Waals surface area contributed by atoms with E-state index in [9.17, 15) is 4.39 Å². The Kier molecular flexibility index (Phi) is 9.18. The lowest BCUT2D eigenvalue weighted by Gasteiger charge is -2.14. The highest BCUT2D eigenvalue weighted by molar-refractivity contribution is 14.0. The molecule has 0 aromatic heterocycles. The normalized spacial score (nSPS) is 12.3. The van der Waals surface area contributed by atoms with E-state index in [1.807, 2.05) is 38.1 Å². The number of guanidine groups is 1. The van der Waals surface area contributed by atoms with Crippen LogP contribution in [0.3, 0.4) is 0 Å². The van der Waals surface area contributed by atoms with E-state index < -0.39 is 5.82 Å². The Balaban J connectivity index is 0.00000338. The second-order valence-electron chi connectivity index (χ2n) is 5.90. The van der Waals surface area contributed by atoms with E-state index in [4.69, 9.17) is 15.2 Å². The van der Waals surface area contributed by atoms with Gasteiger partial charge in [-0.2, -0.15) is 0 Å². The minimum atomic E-state index is -0.395. The van der Waals surface area contributed by atoms with E-state index in [1.165, 1.54) is 6.07 Å². The Morgan fingerprint density at radius 2 is 1.73 bits per heavy atom. The number of nitrogens with one attached hydrogen (secondary N) is 1. The molecular weight excluding hydrogens is 448 g/mol. The lowest BCUT2D eigenvalue weighted by Crippen LogP contribution is -2.25. The summed E-state index contributed by atoms with van der Waals surface area (Å²) in [6.07, 6.45) is -0.180. The van der Waals surface area contributed by atoms with Gasteiger partial charge < -0.3 is 20.5 Å². The first-order valence-electron chi connectivity index (χ1n) is 8.19. The molecule has 0 radical (unpaired) electrons. The van der Waals surface area contributed by atoms with E-state index in [0.29, 0.717) is 6.54 Å². The van der Waals surface area contributed by atoms with E-state index in [-0.39, 0.29) is 47.9 Å². The lowest BCUT2D eigenvalue weighted by molar-refractivity contribution is 0.220. The van der Waals surface area contributed by atoms with Gasteiger partial charge in [-0.3, -0.25) is 0 Å². The molecular formula is C19H25FIN3O2. The van der Waals surface area contributed by atoms with Crippen LogP contribution in [0, 0.1) is 5.82 Å². The maximum atomic E-state index is 13.5. The van der Waals surface area contributed by atoms with Gasteiger partial charge in [-0.1, -0.05) is 12.1 Å². The molecule has 0 fully saturated rings. The number of hydrogen-bond acceptors (Lipinski definition) is 3. The zero-order valence-electron chi connectivity index (χ0n) is 15.1. The monoisotopic (exact) mass is 473 g/mol. The fourth-order valence-electron chi connectivity index (χ4n) is 2.10. The third-order valence-corrected chi connectivity index (χ3v) is 3.18. The molecule has 1 unspecified atom stereocenters. The Morgan fingerprint density at radius 1 is 1.08 bits per heavy atom. The molecule has 0 aliphatic heterocycles. The predicted molar refractivity (Wildman–Crippen MR) is 114 cm³/mol. The average molecular weight is 473 g/mol. The molecule has 0 saturated carbocycles. The first-order chi connectivity index (χ1) is 11.9. The first-order valence-corrected chi connectivity index (χ1v) is 8.19. The SMILES string of the molecule is CC(C)Oc1ccc(NC(N)=NCC(C)Oc2ccccc2F)cc1.I. The Bertz CT molecular complexity index is 708. The molecule has 2 rings (SSSR count). The highest BCUT2D eigenvalue weighted by Gasteiger charge is 2.07. The summed E-state index contributed by atoms with van der Waals surface area (Å²) in [4.78, 5) is 4.22. The summed E-state index contributed by atoms with van der Waals surface area (Å²) in [7, 11) is 0. The number of nitrogens with zero attached hydrogens (tertiary/aromatic N) is 1. The zero-order valence-corrected chi connectivity index (χ0v) is 17.4. The largest absolute Gasteiger partial charge is 0.491 e. The van der Waals surface area contributed by atoms with Crippen LogP contribution in [0.25, 0.3) is 0 Å². The second-order valence-corrected chi connectivity index (χ2v) is 5.90. The molecule has 0 amide bonds.